The van der Waals surface area contributed by atoms with E-state index in [4.69, 9.17) is 0 Å². The van der Waals surface area contributed by atoms with Gasteiger partial charge in [-0.3, -0.25) is 0 Å². The highest BCUT2D eigenvalue weighted by atomic mass is 16.5. The van der Waals surface area contributed by atoms with E-state index in [1.807, 2.05) is 36.4 Å². The molecule has 0 aliphatic rings. The average molecular weight is 496 g/mol. The van der Waals surface area contributed by atoms with Gasteiger partial charge in [-0.05, 0) is 42.4 Å². The van der Waals surface area contributed by atoms with Crippen molar-refractivity contribution in [1.29, 1.82) is 10.5 Å². The molecule has 2 atom stereocenters. The molecule has 1 aromatic carbocycles. The molecule has 0 aromatic heterocycles. The Kier molecular flexibility index (Phi) is 18.8. The van der Waals surface area contributed by atoms with Crippen molar-refractivity contribution in [1.82, 2.24) is 0 Å². The van der Waals surface area contributed by atoms with Crippen molar-refractivity contribution < 1.29 is 9.53 Å². The van der Waals surface area contributed by atoms with Crippen LogP contribution in [0.5, 0.6) is 0 Å². The maximum atomic E-state index is 11.9. The second-order valence-corrected chi connectivity index (χ2v) is 9.40. The van der Waals surface area contributed by atoms with Gasteiger partial charge in [0, 0.05) is 18.8 Å². The molecule has 1 rings (SSSR count). The molecule has 5 nitrogen and oxygen atoms in total. The number of carbonyl (C=O) groups excluding carboxylic acids is 1. The van der Waals surface area contributed by atoms with Crippen LogP contribution in [-0.4, -0.2) is 26.2 Å². The summed E-state index contributed by atoms with van der Waals surface area (Å²) in [5, 5.41) is 18.9. The monoisotopic (exact) mass is 495 g/mol. The van der Waals surface area contributed by atoms with Crippen molar-refractivity contribution in [3.8, 4) is 12.1 Å². The maximum Gasteiger partial charge on any atom is 0.350 e. The zero-order chi connectivity index (χ0) is 27.3. The SMILES string of the molecule is CCCC.CCCCC(CC)CN(CC(CC)CCC)c1ccc(/C(C#N)=C(/C#N)C(=O)OC)cc1. The number of rotatable bonds is 15. The van der Waals surface area contributed by atoms with E-state index in [0.717, 1.165) is 31.6 Å². The molecule has 0 saturated carbocycles. The summed E-state index contributed by atoms with van der Waals surface area (Å²) in [4.78, 5) is 14.4. The average Bonchev–Trinajstić information content (AvgIpc) is 2.92. The van der Waals surface area contributed by atoms with Crippen LogP contribution in [0.3, 0.4) is 0 Å². The second kappa shape index (κ2) is 20.4. The Hall–Kier alpha value is -2.79. The van der Waals surface area contributed by atoms with E-state index in [9.17, 15) is 15.3 Å². The van der Waals surface area contributed by atoms with E-state index in [0.29, 0.717) is 17.4 Å². The van der Waals surface area contributed by atoms with Gasteiger partial charge in [0.05, 0.1) is 12.7 Å². The summed E-state index contributed by atoms with van der Waals surface area (Å²) in [6.07, 6.45) is 11.0. The smallest absolute Gasteiger partial charge is 0.350 e. The molecule has 200 valence electrons. The first-order valence-corrected chi connectivity index (χ1v) is 13.9. The van der Waals surface area contributed by atoms with E-state index in [2.05, 4.69) is 51.2 Å². The first-order valence-electron chi connectivity index (χ1n) is 13.9. The van der Waals surface area contributed by atoms with Crippen LogP contribution < -0.4 is 4.90 Å². The van der Waals surface area contributed by atoms with Crippen LogP contribution in [0.1, 0.15) is 105 Å². The molecule has 0 fully saturated rings. The van der Waals surface area contributed by atoms with E-state index in [1.165, 1.54) is 52.1 Å². The largest absolute Gasteiger partial charge is 0.465 e. The third-order valence-corrected chi connectivity index (χ3v) is 6.66. The first kappa shape index (κ1) is 33.2. The number of methoxy groups -OCH3 is 1. The fourth-order valence-electron chi connectivity index (χ4n) is 4.07. The Morgan fingerprint density at radius 2 is 1.39 bits per heavy atom. The molecule has 36 heavy (non-hydrogen) atoms. The van der Waals surface area contributed by atoms with Gasteiger partial charge >= 0.3 is 5.97 Å². The number of anilines is 1. The van der Waals surface area contributed by atoms with Crippen LogP contribution >= 0.6 is 0 Å². The van der Waals surface area contributed by atoms with E-state index in [1.54, 1.807) is 0 Å². The highest BCUT2D eigenvalue weighted by Crippen LogP contribution is 2.27. The van der Waals surface area contributed by atoms with Gasteiger partial charge in [0.2, 0.25) is 0 Å². The van der Waals surface area contributed by atoms with Crippen molar-refractivity contribution in [2.24, 2.45) is 11.8 Å². The van der Waals surface area contributed by atoms with Crippen LogP contribution in [0.25, 0.3) is 5.57 Å². The highest BCUT2D eigenvalue weighted by molar-refractivity contribution is 6.04. The molecule has 1 aromatic rings. The standard InChI is InChI=1S/C27H39N3O2.C4H10/c1-6-10-12-22(9-4)20-30(19-21(8-3)11-7-2)24-15-13-23(14-16-24)25(17-28)26(18-29)27(31)32-5;1-3-4-2/h13-16,21-22H,6-12,19-20H2,1-5H3;3-4H2,1-2H3/b26-25-;. The van der Waals surface area contributed by atoms with Crippen LogP contribution in [0, 0.1) is 34.5 Å². The van der Waals surface area contributed by atoms with Crippen LogP contribution in [0.2, 0.25) is 0 Å². The van der Waals surface area contributed by atoms with E-state index < -0.39 is 5.97 Å². The third kappa shape index (κ3) is 11.8. The van der Waals surface area contributed by atoms with Crippen molar-refractivity contribution in [2.45, 2.75) is 99.3 Å². The summed E-state index contributed by atoms with van der Waals surface area (Å²) in [5.74, 6) is 0.497. The van der Waals surface area contributed by atoms with Crippen LogP contribution in [0.4, 0.5) is 5.69 Å². The highest BCUT2D eigenvalue weighted by Gasteiger charge is 2.20. The molecule has 0 spiro atoms. The molecular weight excluding hydrogens is 446 g/mol. The Morgan fingerprint density at radius 3 is 1.78 bits per heavy atom. The van der Waals surface area contributed by atoms with E-state index >= 15 is 0 Å². The Labute approximate surface area is 221 Å². The van der Waals surface area contributed by atoms with Gasteiger partial charge in [-0.15, -0.1) is 0 Å². The number of nitriles is 2. The fourth-order valence-corrected chi connectivity index (χ4v) is 4.07. The molecular formula is C31H49N3O2. The van der Waals surface area contributed by atoms with Crippen molar-refractivity contribution in [2.75, 3.05) is 25.1 Å². The molecule has 5 heteroatoms. The van der Waals surface area contributed by atoms with Crippen molar-refractivity contribution in [3.63, 3.8) is 0 Å². The summed E-state index contributed by atoms with van der Waals surface area (Å²) < 4.78 is 4.66. The lowest BCUT2D eigenvalue weighted by molar-refractivity contribution is -0.135. The summed E-state index contributed by atoms with van der Waals surface area (Å²) in [6.45, 7) is 15.4. The van der Waals surface area contributed by atoms with Gasteiger partial charge in [0.15, 0.2) is 5.57 Å². The minimum atomic E-state index is -0.790. The number of nitrogens with zero attached hydrogens (tertiary/aromatic N) is 3. The predicted octanol–water partition coefficient (Wildman–Crippen LogP) is 8.32. The van der Waals surface area contributed by atoms with Gasteiger partial charge in [-0.1, -0.05) is 98.6 Å². The minimum Gasteiger partial charge on any atom is -0.465 e. The summed E-state index contributed by atoms with van der Waals surface area (Å²) in [7, 11) is 1.21. The van der Waals surface area contributed by atoms with Crippen molar-refractivity contribution >= 4 is 17.2 Å². The number of carbonyl (C=O) groups is 1. The lowest BCUT2D eigenvalue weighted by atomic mass is 9.95. The number of ether oxygens (including phenoxy) is 1. The summed E-state index contributed by atoms with van der Waals surface area (Å²) in [5.41, 5.74) is 1.45. The van der Waals surface area contributed by atoms with Crippen molar-refractivity contribution in [3.05, 3.63) is 35.4 Å². The Morgan fingerprint density at radius 1 is 0.833 bits per heavy atom. The predicted molar refractivity (Wildman–Crippen MR) is 151 cm³/mol. The number of benzene rings is 1. The zero-order valence-electron chi connectivity index (χ0n) is 23.9. The lowest BCUT2D eigenvalue weighted by Gasteiger charge is -2.32. The number of hydrogen-bond donors (Lipinski definition) is 0. The first-order chi connectivity index (χ1) is 17.4. The molecule has 0 N–H and O–H groups in total. The number of allylic oxidation sites excluding steroid dienone is 1. The Balaban J connectivity index is 0.00000283. The van der Waals surface area contributed by atoms with Gasteiger partial charge in [0.25, 0.3) is 0 Å². The molecule has 0 amide bonds. The van der Waals surface area contributed by atoms with E-state index in [-0.39, 0.29) is 11.1 Å². The molecule has 0 heterocycles. The quantitative estimate of drug-likeness (QED) is 0.139. The minimum absolute atomic E-state index is 0.0456. The van der Waals surface area contributed by atoms with Gasteiger partial charge in [-0.2, -0.15) is 10.5 Å². The fraction of sp³-hybridized carbons (Fsp3) is 0.645. The summed E-state index contributed by atoms with van der Waals surface area (Å²) >= 11 is 0. The summed E-state index contributed by atoms with van der Waals surface area (Å²) in [6, 6.07) is 11.5. The molecule has 2 unspecified atom stereocenters. The normalized spacial score (nSPS) is 12.7. The molecule has 0 saturated heterocycles. The third-order valence-electron chi connectivity index (χ3n) is 6.66. The number of hydrogen-bond acceptors (Lipinski definition) is 5. The van der Waals surface area contributed by atoms with Gasteiger partial charge in [0.1, 0.15) is 12.1 Å². The number of unbranched alkanes of at least 4 members (excludes halogenated alkanes) is 2. The molecule has 0 bridgehead atoms. The molecule has 0 aliphatic carbocycles. The maximum absolute atomic E-state index is 11.9. The molecule has 0 aliphatic heterocycles. The van der Waals surface area contributed by atoms with Crippen LogP contribution in [-0.2, 0) is 9.53 Å². The Bertz CT molecular complexity index is 844. The zero-order valence-corrected chi connectivity index (χ0v) is 23.9. The molecule has 0 radical (unpaired) electrons. The van der Waals surface area contributed by atoms with Gasteiger partial charge in [-0.25, -0.2) is 4.79 Å². The lowest BCUT2D eigenvalue weighted by Crippen LogP contribution is -2.34. The second-order valence-electron chi connectivity index (χ2n) is 9.40. The van der Waals surface area contributed by atoms with Gasteiger partial charge < -0.3 is 9.64 Å². The topological polar surface area (TPSA) is 77.1 Å². The van der Waals surface area contributed by atoms with Crippen LogP contribution in [0.15, 0.2) is 29.8 Å². The number of esters is 1.